The number of amides is 1. The molecule has 2 rings (SSSR count). The number of hydrogen-bond acceptors (Lipinski definition) is 4. The number of nitrogens with one attached hydrogen (secondary N) is 1. The highest BCUT2D eigenvalue weighted by Gasteiger charge is 2.28. The molecular weight excluding hydrogens is 458 g/mol. The van der Waals surface area contributed by atoms with Crippen molar-refractivity contribution in [2.75, 3.05) is 22.9 Å². The Morgan fingerprint density at radius 3 is 2.45 bits per heavy atom. The van der Waals surface area contributed by atoms with Crippen molar-refractivity contribution in [3.8, 4) is 0 Å². The predicted molar refractivity (Wildman–Crippen MR) is 119 cm³/mol. The van der Waals surface area contributed by atoms with Crippen molar-refractivity contribution in [3.05, 3.63) is 63.9 Å². The second-order valence-corrected chi connectivity index (χ2v) is 10.1. The maximum Gasteiger partial charge on any atom is 0.243 e. The molecule has 2 aromatic rings. The third kappa shape index (κ3) is 6.77. The van der Waals surface area contributed by atoms with Gasteiger partial charge in [-0.25, -0.2) is 12.8 Å². The smallest absolute Gasteiger partial charge is 0.243 e. The van der Waals surface area contributed by atoms with E-state index in [-0.39, 0.29) is 5.82 Å². The van der Waals surface area contributed by atoms with E-state index in [0.29, 0.717) is 39.3 Å². The molecule has 0 aromatic heterocycles. The monoisotopic (exact) mass is 478 g/mol. The van der Waals surface area contributed by atoms with Crippen LogP contribution in [0.1, 0.15) is 12.5 Å². The molecule has 158 valence electrons. The Morgan fingerprint density at radius 2 is 1.86 bits per heavy atom. The van der Waals surface area contributed by atoms with Crippen LogP contribution in [-0.2, 0) is 20.6 Å². The SMILES string of the molecule is C[C@H](C(=O)NCCSCc1c(F)cccc1Cl)N(c1ccc(Cl)cc1)S(C)(=O)=O. The van der Waals surface area contributed by atoms with Gasteiger partial charge in [0.05, 0.1) is 11.9 Å². The molecule has 0 saturated carbocycles. The molecule has 0 aliphatic carbocycles. The van der Waals surface area contributed by atoms with Crippen LogP contribution in [0.4, 0.5) is 10.1 Å². The Labute approximate surface area is 184 Å². The number of anilines is 1. The van der Waals surface area contributed by atoms with E-state index in [2.05, 4.69) is 5.32 Å². The summed E-state index contributed by atoms with van der Waals surface area (Å²) in [6.07, 6.45) is 1.04. The van der Waals surface area contributed by atoms with Crippen molar-refractivity contribution in [1.82, 2.24) is 5.32 Å². The van der Waals surface area contributed by atoms with Gasteiger partial charge in [0.15, 0.2) is 0 Å². The fourth-order valence-corrected chi connectivity index (χ4v) is 5.13. The average Bonchev–Trinajstić information content (AvgIpc) is 2.64. The highest BCUT2D eigenvalue weighted by atomic mass is 35.5. The zero-order chi connectivity index (χ0) is 21.6. The van der Waals surface area contributed by atoms with Crippen LogP contribution in [0.3, 0.4) is 0 Å². The second-order valence-electron chi connectivity index (χ2n) is 6.26. The zero-order valence-corrected chi connectivity index (χ0v) is 19.0. The van der Waals surface area contributed by atoms with E-state index in [9.17, 15) is 17.6 Å². The lowest BCUT2D eigenvalue weighted by molar-refractivity contribution is -0.121. The Bertz CT molecular complexity index is 936. The normalized spacial score (nSPS) is 12.4. The van der Waals surface area contributed by atoms with Gasteiger partial charge in [0, 0.05) is 33.7 Å². The summed E-state index contributed by atoms with van der Waals surface area (Å²) in [7, 11) is -3.69. The summed E-state index contributed by atoms with van der Waals surface area (Å²) >= 11 is 13.3. The van der Waals surface area contributed by atoms with Gasteiger partial charge in [-0.1, -0.05) is 29.3 Å². The van der Waals surface area contributed by atoms with E-state index < -0.39 is 22.0 Å². The van der Waals surface area contributed by atoms with Crippen molar-refractivity contribution < 1.29 is 17.6 Å². The first-order valence-corrected chi connectivity index (χ1v) is 12.4. The largest absolute Gasteiger partial charge is 0.353 e. The van der Waals surface area contributed by atoms with Gasteiger partial charge >= 0.3 is 0 Å². The molecule has 1 amide bonds. The zero-order valence-electron chi connectivity index (χ0n) is 15.9. The van der Waals surface area contributed by atoms with E-state index in [4.69, 9.17) is 23.2 Å². The lowest BCUT2D eigenvalue weighted by Gasteiger charge is -2.28. The van der Waals surface area contributed by atoms with Crippen LogP contribution < -0.4 is 9.62 Å². The molecule has 5 nitrogen and oxygen atoms in total. The lowest BCUT2D eigenvalue weighted by Crippen LogP contribution is -2.48. The molecule has 0 aliphatic heterocycles. The van der Waals surface area contributed by atoms with Gasteiger partial charge < -0.3 is 5.32 Å². The molecule has 0 unspecified atom stereocenters. The van der Waals surface area contributed by atoms with Gasteiger partial charge in [0.1, 0.15) is 11.9 Å². The van der Waals surface area contributed by atoms with Gasteiger partial charge in [0.25, 0.3) is 0 Å². The highest BCUT2D eigenvalue weighted by Crippen LogP contribution is 2.24. The minimum absolute atomic E-state index is 0.304. The molecule has 0 radical (unpaired) electrons. The van der Waals surface area contributed by atoms with Crippen LogP contribution in [-0.4, -0.2) is 38.9 Å². The topological polar surface area (TPSA) is 66.5 Å². The Morgan fingerprint density at radius 1 is 1.21 bits per heavy atom. The molecule has 0 heterocycles. The summed E-state index contributed by atoms with van der Waals surface area (Å²) < 4.78 is 39.2. The van der Waals surface area contributed by atoms with Crippen LogP contribution in [0.15, 0.2) is 42.5 Å². The number of sulfonamides is 1. The summed E-state index contributed by atoms with van der Waals surface area (Å²) in [5.41, 5.74) is 0.771. The van der Waals surface area contributed by atoms with E-state index in [1.807, 2.05) is 0 Å². The summed E-state index contributed by atoms with van der Waals surface area (Å²) in [5.74, 6) is 0.0874. The van der Waals surface area contributed by atoms with Gasteiger partial charge in [-0.3, -0.25) is 9.10 Å². The van der Waals surface area contributed by atoms with E-state index >= 15 is 0 Å². The van der Waals surface area contributed by atoms with Gasteiger partial charge in [-0.2, -0.15) is 11.8 Å². The first-order chi connectivity index (χ1) is 13.6. The number of nitrogens with zero attached hydrogens (tertiary/aromatic N) is 1. The number of halogens is 3. The summed E-state index contributed by atoms with van der Waals surface area (Å²) in [6, 6.07) is 9.78. The average molecular weight is 479 g/mol. The fraction of sp³-hybridized carbons (Fsp3) is 0.316. The van der Waals surface area contributed by atoms with Crippen molar-refractivity contribution in [1.29, 1.82) is 0 Å². The first kappa shape index (κ1) is 23.8. The molecule has 0 fully saturated rings. The van der Waals surface area contributed by atoms with E-state index in [1.54, 1.807) is 36.4 Å². The quantitative estimate of drug-likeness (QED) is 0.544. The fourth-order valence-electron chi connectivity index (χ4n) is 2.64. The summed E-state index contributed by atoms with van der Waals surface area (Å²) in [4.78, 5) is 12.5. The molecular formula is C19H21Cl2FN2O3S2. The number of carbonyl (C=O) groups excluding carboxylic acids is 1. The predicted octanol–water partition coefficient (Wildman–Crippen LogP) is 4.34. The third-order valence-electron chi connectivity index (χ3n) is 4.02. The highest BCUT2D eigenvalue weighted by molar-refractivity contribution is 7.98. The molecule has 0 bridgehead atoms. The minimum atomic E-state index is -3.69. The molecule has 1 atom stereocenters. The maximum atomic E-state index is 13.7. The van der Waals surface area contributed by atoms with Crippen LogP contribution in [0.5, 0.6) is 0 Å². The standard InChI is InChI=1S/C19H21Cl2FN2O3S2/c1-13(24(29(2,26)27)15-8-6-14(20)7-9-15)19(25)23-10-11-28-12-16-17(21)4-3-5-18(16)22/h3-9,13H,10-12H2,1-2H3,(H,23,25)/t13-/m1/s1. The Kier molecular flexibility index (Phi) is 8.63. The van der Waals surface area contributed by atoms with Crippen LogP contribution in [0, 0.1) is 5.82 Å². The Balaban J connectivity index is 1.92. The summed E-state index contributed by atoms with van der Waals surface area (Å²) in [6.45, 7) is 1.81. The van der Waals surface area contributed by atoms with Gasteiger partial charge in [-0.05, 0) is 43.3 Å². The van der Waals surface area contributed by atoms with Crippen LogP contribution in [0.2, 0.25) is 10.0 Å². The summed E-state index contributed by atoms with van der Waals surface area (Å²) in [5, 5.41) is 3.54. The number of carbonyl (C=O) groups is 1. The van der Waals surface area contributed by atoms with Crippen LogP contribution >= 0.6 is 35.0 Å². The molecule has 1 N–H and O–H groups in total. The van der Waals surface area contributed by atoms with Crippen molar-refractivity contribution >= 4 is 56.6 Å². The molecule has 0 aliphatic rings. The minimum Gasteiger partial charge on any atom is -0.353 e. The lowest BCUT2D eigenvalue weighted by atomic mass is 10.2. The van der Waals surface area contributed by atoms with E-state index in [0.717, 1.165) is 10.6 Å². The molecule has 2 aromatic carbocycles. The number of benzene rings is 2. The molecule has 0 spiro atoms. The number of hydrogen-bond donors (Lipinski definition) is 1. The third-order valence-corrected chi connectivity index (χ3v) is 6.86. The second kappa shape index (κ2) is 10.5. The number of rotatable bonds is 9. The molecule has 10 heteroatoms. The first-order valence-electron chi connectivity index (χ1n) is 8.64. The van der Waals surface area contributed by atoms with Gasteiger partial charge in [-0.15, -0.1) is 0 Å². The van der Waals surface area contributed by atoms with Crippen molar-refractivity contribution in [2.45, 2.75) is 18.7 Å². The molecule has 0 saturated heterocycles. The number of thioether (sulfide) groups is 1. The van der Waals surface area contributed by atoms with Crippen molar-refractivity contribution in [3.63, 3.8) is 0 Å². The molecule has 29 heavy (non-hydrogen) atoms. The van der Waals surface area contributed by atoms with E-state index in [1.165, 1.54) is 24.8 Å². The van der Waals surface area contributed by atoms with Gasteiger partial charge in [0.2, 0.25) is 15.9 Å². The van der Waals surface area contributed by atoms with Crippen LogP contribution in [0.25, 0.3) is 0 Å². The van der Waals surface area contributed by atoms with Crippen molar-refractivity contribution in [2.24, 2.45) is 0 Å². The Hall–Kier alpha value is -1.48. The maximum absolute atomic E-state index is 13.7.